The Kier molecular flexibility index (Phi) is 2.21. The molecule has 2 heteroatoms. The SMILES string of the molecule is CCC1(CC(F)F)C2CC3(C)CC4(c5ccccc5)CC1C234. The van der Waals surface area contributed by atoms with Crippen LogP contribution in [0, 0.1) is 28.1 Å². The van der Waals surface area contributed by atoms with Crippen LogP contribution in [0.4, 0.5) is 8.78 Å². The fourth-order valence-electron chi connectivity index (χ4n) is 8.41. The number of alkyl halides is 2. The molecule has 6 unspecified atom stereocenters. The monoisotopic (exact) mass is 302 g/mol. The maximum Gasteiger partial charge on any atom is 0.239 e. The van der Waals surface area contributed by atoms with Crippen molar-refractivity contribution in [2.45, 2.75) is 57.8 Å². The number of benzene rings is 1. The van der Waals surface area contributed by atoms with Crippen LogP contribution in [0.5, 0.6) is 0 Å². The minimum absolute atomic E-state index is 0.0492. The molecule has 0 aromatic heterocycles. The van der Waals surface area contributed by atoms with Crippen LogP contribution < -0.4 is 0 Å². The molecule has 0 radical (unpaired) electrons. The number of hydrogen-bond acceptors (Lipinski definition) is 0. The van der Waals surface area contributed by atoms with E-state index in [1.165, 1.54) is 18.4 Å². The Morgan fingerprint density at radius 3 is 2.36 bits per heavy atom. The molecule has 0 nitrogen and oxygen atoms in total. The van der Waals surface area contributed by atoms with E-state index in [-0.39, 0.29) is 11.8 Å². The maximum absolute atomic E-state index is 13.2. The van der Waals surface area contributed by atoms with Gasteiger partial charge in [-0.15, -0.1) is 0 Å². The molecular weight excluding hydrogens is 278 g/mol. The van der Waals surface area contributed by atoms with Crippen molar-refractivity contribution >= 4 is 0 Å². The highest BCUT2D eigenvalue weighted by Gasteiger charge is 2.97. The van der Waals surface area contributed by atoms with Gasteiger partial charge in [0.2, 0.25) is 6.43 Å². The summed E-state index contributed by atoms with van der Waals surface area (Å²) in [6.07, 6.45) is 2.57. The lowest BCUT2D eigenvalue weighted by Crippen LogP contribution is -2.96. The summed E-state index contributed by atoms with van der Waals surface area (Å²) in [5, 5.41) is 0. The number of halogens is 2. The summed E-state index contributed by atoms with van der Waals surface area (Å²) in [6.45, 7) is 4.57. The first kappa shape index (κ1) is 13.5. The average molecular weight is 302 g/mol. The third kappa shape index (κ3) is 0.997. The molecule has 4 saturated carbocycles. The summed E-state index contributed by atoms with van der Waals surface area (Å²) in [4.78, 5) is 0. The van der Waals surface area contributed by atoms with E-state index in [0.29, 0.717) is 28.1 Å². The van der Waals surface area contributed by atoms with Gasteiger partial charge in [-0.25, -0.2) is 8.78 Å². The van der Waals surface area contributed by atoms with E-state index >= 15 is 0 Å². The van der Waals surface area contributed by atoms with Crippen LogP contribution in [0.3, 0.4) is 0 Å². The third-order valence-corrected chi connectivity index (χ3v) is 8.70. The Labute approximate surface area is 131 Å². The minimum Gasteiger partial charge on any atom is -0.211 e. The molecular formula is C20H24F2. The third-order valence-electron chi connectivity index (χ3n) is 8.70. The summed E-state index contributed by atoms with van der Waals surface area (Å²) in [7, 11) is 0. The summed E-state index contributed by atoms with van der Waals surface area (Å²) in [6, 6.07) is 10.9. The normalized spacial score (nSPS) is 53.5. The smallest absolute Gasteiger partial charge is 0.211 e. The van der Waals surface area contributed by atoms with E-state index in [9.17, 15) is 8.78 Å². The minimum atomic E-state index is -2.14. The molecule has 1 spiro atoms. The molecule has 0 N–H and O–H groups in total. The lowest BCUT2D eigenvalue weighted by molar-refractivity contribution is -0.503. The maximum atomic E-state index is 13.2. The fourth-order valence-corrected chi connectivity index (χ4v) is 8.41. The lowest BCUT2D eigenvalue weighted by atomic mass is 9.03. The van der Waals surface area contributed by atoms with Gasteiger partial charge in [0.15, 0.2) is 0 Å². The zero-order valence-electron chi connectivity index (χ0n) is 13.4. The van der Waals surface area contributed by atoms with E-state index in [4.69, 9.17) is 0 Å². The van der Waals surface area contributed by atoms with E-state index in [1.807, 2.05) is 0 Å². The second-order valence-corrected chi connectivity index (χ2v) is 8.75. The van der Waals surface area contributed by atoms with Gasteiger partial charge >= 0.3 is 0 Å². The van der Waals surface area contributed by atoms with Gasteiger partial charge in [0.05, 0.1) is 0 Å². The lowest BCUT2D eigenvalue weighted by Gasteiger charge is -3.00. The molecule has 0 heterocycles. The van der Waals surface area contributed by atoms with E-state index in [2.05, 4.69) is 44.2 Å². The molecule has 4 fully saturated rings. The molecule has 0 bridgehead atoms. The van der Waals surface area contributed by atoms with Gasteiger partial charge in [-0.1, -0.05) is 44.2 Å². The molecule has 1 aromatic rings. The van der Waals surface area contributed by atoms with Crippen LogP contribution in [-0.4, -0.2) is 6.43 Å². The van der Waals surface area contributed by atoms with E-state index in [1.54, 1.807) is 0 Å². The first-order chi connectivity index (χ1) is 10.5. The fraction of sp³-hybridized carbons (Fsp3) is 0.700. The molecule has 6 atom stereocenters. The molecule has 22 heavy (non-hydrogen) atoms. The number of rotatable bonds is 4. The summed E-state index contributed by atoms with van der Waals surface area (Å²) in [5.74, 6) is 1.11. The van der Waals surface area contributed by atoms with Crippen molar-refractivity contribution in [1.82, 2.24) is 0 Å². The van der Waals surface area contributed by atoms with Crippen LogP contribution in [0.1, 0.15) is 51.5 Å². The van der Waals surface area contributed by atoms with Gasteiger partial charge in [-0.2, -0.15) is 0 Å². The van der Waals surface area contributed by atoms with Crippen molar-refractivity contribution in [2.75, 3.05) is 0 Å². The zero-order valence-corrected chi connectivity index (χ0v) is 13.4. The van der Waals surface area contributed by atoms with Crippen molar-refractivity contribution in [3.05, 3.63) is 35.9 Å². The summed E-state index contributed by atoms with van der Waals surface area (Å²) >= 11 is 0. The van der Waals surface area contributed by atoms with Crippen molar-refractivity contribution in [2.24, 2.45) is 28.1 Å². The van der Waals surface area contributed by atoms with Crippen molar-refractivity contribution < 1.29 is 8.78 Å². The van der Waals surface area contributed by atoms with Crippen LogP contribution in [0.25, 0.3) is 0 Å². The molecule has 0 saturated heterocycles. The topological polar surface area (TPSA) is 0 Å². The van der Waals surface area contributed by atoms with Crippen LogP contribution in [0.2, 0.25) is 0 Å². The van der Waals surface area contributed by atoms with Gasteiger partial charge in [0, 0.05) is 11.8 Å². The van der Waals surface area contributed by atoms with E-state index < -0.39 is 6.43 Å². The summed E-state index contributed by atoms with van der Waals surface area (Å²) in [5.41, 5.74) is 2.59. The predicted octanol–water partition coefficient (Wildman–Crippen LogP) is 5.43. The first-order valence-electron chi connectivity index (χ1n) is 8.80. The van der Waals surface area contributed by atoms with E-state index in [0.717, 1.165) is 12.8 Å². The molecule has 4 aliphatic carbocycles. The molecule has 5 rings (SSSR count). The highest BCUT2D eigenvalue weighted by atomic mass is 19.3. The predicted molar refractivity (Wildman–Crippen MR) is 82.8 cm³/mol. The van der Waals surface area contributed by atoms with Gasteiger partial charge in [0.25, 0.3) is 0 Å². The first-order valence-corrected chi connectivity index (χ1v) is 8.80. The summed E-state index contributed by atoms with van der Waals surface area (Å²) < 4.78 is 26.4. The average Bonchev–Trinajstić information content (AvgIpc) is 2.46. The Balaban J connectivity index is 1.55. The van der Waals surface area contributed by atoms with Gasteiger partial charge in [-0.05, 0) is 59.3 Å². The second kappa shape index (κ2) is 3.60. The largest absolute Gasteiger partial charge is 0.239 e. The van der Waals surface area contributed by atoms with Crippen molar-refractivity contribution in [3.8, 4) is 0 Å². The van der Waals surface area contributed by atoms with Gasteiger partial charge in [-0.3, -0.25) is 0 Å². The standard InChI is InChI=1S/C20H24F2/c1-3-18(11-16(21)22)14-9-17(2)12-19(10-15(18)20(14,17)19)13-7-5-4-6-8-13/h4-8,14-16H,3,9-12H2,1-2H3. The Morgan fingerprint density at radius 1 is 1.14 bits per heavy atom. The van der Waals surface area contributed by atoms with Crippen LogP contribution >= 0.6 is 0 Å². The molecule has 1 aromatic carbocycles. The molecule has 4 aliphatic rings. The van der Waals surface area contributed by atoms with Crippen molar-refractivity contribution in [1.29, 1.82) is 0 Å². The Morgan fingerprint density at radius 2 is 1.82 bits per heavy atom. The quantitative estimate of drug-likeness (QED) is 0.696. The van der Waals surface area contributed by atoms with Gasteiger partial charge < -0.3 is 0 Å². The highest BCUT2D eigenvalue weighted by Crippen LogP contribution is 3.01. The van der Waals surface area contributed by atoms with Crippen LogP contribution in [-0.2, 0) is 5.41 Å². The number of hydrogen-bond donors (Lipinski definition) is 0. The molecule has 0 amide bonds. The second-order valence-electron chi connectivity index (χ2n) is 8.75. The Bertz CT molecular complexity index is 630. The van der Waals surface area contributed by atoms with Crippen molar-refractivity contribution in [3.63, 3.8) is 0 Å². The Hall–Kier alpha value is -0.920. The van der Waals surface area contributed by atoms with Gasteiger partial charge in [0.1, 0.15) is 0 Å². The van der Waals surface area contributed by atoms with Crippen LogP contribution in [0.15, 0.2) is 30.3 Å². The zero-order chi connectivity index (χ0) is 15.4. The molecule has 0 aliphatic heterocycles. The highest BCUT2D eigenvalue weighted by molar-refractivity contribution is 5.53. The molecule has 118 valence electrons.